The molecule has 0 saturated carbocycles. The van der Waals surface area contributed by atoms with Crippen LogP contribution in [0.25, 0.3) is 0 Å². The van der Waals surface area contributed by atoms with E-state index in [2.05, 4.69) is 19.2 Å². The van der Waals surface area contributed by atoms with Gasteiger partial charge < -0.3 is 11.1 Å². The van der Waals surface area contributed by atoms with E-state index in [0.29, 0.717) is 24.1 Å². The second kappa shape index (κ2) is 6.49. The van der Waals surface area contributed by atoms with Crippen molar-refractivity contribution in [3.63, 3.8) is 0 Å². The lowest BCUT2D eigenvalue weighted by Crippen LogP contribution is -2.30. The molecular formula is C7H16N2OS. The van der Waals surface area contributed by atoms with E-state index in [0.717, 1.165) is 0 Å². The number of carbonyl (C=O) groups excluding carboxylic acids is 1. The first-order chi connectivity index (χ1) is 5.16. The molecule has 0 aliphatic carbocycles. The van der Waals surface area contributed by atoms with E-state index in [4.69, 9.17) is 5.73 Å². The molecule has 0 heterocycles. The molecule has 0 bridgehead atoms. The number of carbonyl (C=O) groups is 1. The molecule has 66 valence electrons. The van der Waals surface area contributed by atoms with Crippen LogP contribution in [0.2, 0.25) is 0 Å². The monoisotopic (exact) mass is 176 g/mol. The number of hydrogen-bond donors (Lipinski definition) is 2. The first kappa shape index (κ1) is 10.8. The molecule has 0 rings (SSSR count). The van der Waals surface area contributed by atoms with E-state index in [1.54, 1.807) is 11.8 Å². The molecule has 0 aromatic rings. The van der Waals surface area contributed by atoms with Crippen LogP contribution in [0.1, 0.15) is 13.8 Å². The highest BCUT2D eigenvalue weighted by atomic mass is 32.2. The Morgan fingerprint density at radius 3 is 2.73 bits per heavy atom. The molecule has 1 amide bonds. The first-order valence-corrected chi connectivity index (χ1v) is 4.80. The van der Waals surface area contributed by atoms with Gasteiger partial charge in [-0.25, -0.2) is 0 Å². The van der Waals surface area contributed by atoms with Gasteiger partial charge in [0.2, 0.25) is 5.91 Å². The van der Waals surface area contributed by atoms with Crippen LogP contribution in [0.3, 0.4) is 0 Å². The van der Waals surface area contributed by atoms with E-state index in [-0.39, 0.29) is 5.91 Å². The summed E-state index contributed by atoms with van der Waals surface area (Å²) in [7, 11) is 0. The average molecular weight is 176 g/mol. The van der Waals surface area contributed by atoms with Crippen LogP contribution >= 0.6 is 11.8 Å². The van der Waals surface area contributed by atoms with Gasteiger partial charge in [-0.3, -0.25) is 4.79 Å². The molecule has 11 heavy (non-hydrogen) atoms. The number of amides is 1. The summed E-state index contributed by atoms with van der Waals surface area (Å²) in [5.41, 5.74) is 5.21. The third kappa shape index (κ3) is 7.68. The minimum atomic E-state index is 0.0779. The summed E-state index contributed by atoms with van der Waals surface area (Å²) in [4.78, 5) is 10.9. The summed E-state index contributed by atoms with van der Waals surface area (Å²) in [6.45, 7) is 5.23. The van der Waals surface area contributed by atoms with Gasteiger partial charge in [-0.2, -0.15) is 0 Å². The third-order valence-electron chi connectivity index (χ3n) is 1.01. The Bertz CT molecular complexity index is 117. The third-order valence-corrected chi connectivity index (χ3v) is 2.11. The van der Waals surface area contributed by atoms with Crippen molar-refractivity contribution < 1.29 is 4.79 Å². The van der Waals surface area contributed by atoms with Crippen LogP contribution < -0.4 is 11.1 Å². The predicted octanol–water partition coefficient (Wildman–Crippen LogP) is 0.203. The van der Waals surface area contributed by atoms with Crippen molar-refractivity contribution >= 4 is 17.7 Å². The van der Waals surface area contributed by atoms with Crippen LogP contribution in [0.4, 0.5) is 0 Å². The molecule has 0 aromatic carbocycles. The Labute approximate surface area is 72.1 Å². The van der Waals surface area contributed by atoms with Crippen molar-refractivity contribution in [3.05, 3.63) is 0 Å². The Morgan fingerprint density at radius 1 is 1.64 bits per heavy atom. The van der Waals surface area contributed by atoms with Gasteiger partial charge >= 0.3 is 0 Å². The van der Waals surface area contributed by atoms with Crippen molar-refractivity contribution in [3.8, 4) is 0 Å². The first-order valence-electron chi connectivity index (χ1n) is 3.75. The summed E-state index contributed by atoms with van der Waals surface area (Å²) in [6, 6.07) is 0. The molecule has 3 N–H and O–H groups in total. The average Bonchev–Trinajstić information content (AvgIpc) is 1.97. The fourth-order valence-corrected chi connectivity index (χ4v) is 1.09. The van der Waals surface area contributed by atoms with Crippen molar-refractivity contribution in [1.82, 2.24) is 5.32 Å². The zero-order valence-electron chi connectivity index (χ0n) is 7.09. The smallest absolute Gasteiger partial charge is 0.230 e. The highest BCUT2D eigenvalue weighted by Crippen LogP contribution is 2.07. The van der Waals surface area contributed by atoms with Crippen LogP contribution in [0.15, 0.2) is 0 Å². The molecule has 0 saturated heterocycles. The minimum Gasteiger partial charge on any atom is -0.354 e. The SMILES string of the molecule is CC(C)SCC(=O)NCCN. The summed E-state index contributed by atoms with van der Waals surface area (Å²) >= 11 is 1.64. The molecule has 4 heteroatoms. The lowest BCUT2D eigenvalue weighted by molar-refractivity contribution is -0.118. The minimum absolute atomic E-state index is 0.0779. The summed E-state index contributed by atoms with van der Waals surface area (Å²) in [5, 5.41) is 3.22. The van der Waals surface area contributed by atoms with Gasteiger partial charge in [0, 0.05) is 13.1 Å². The van der Waals surface area contributed by atoms with E-state index >= 15 is 0 Å². The molecule has 0 fully saturated rings. The van der Waals surface area contributed by atoms with Crippen LogP contribution in [-0.4, -0.2) is 30.0 Å². The second-order valence-electron chi connectivity index (χ2n) is 2.50. The molecule has 0 atom stereocenters. The van der Waals surface area contributed by atoms with Gasteiger partial charge in [0.1, 0.15) is 0 Å². The zero-order valence-corrected chi connectivity index (χ0v) is 7.91. The quantitative estimate of drug-likeness (QED) is 0.629. The van der Waals surface area contributed by atoms with Gasteiger partial charge in [-0.1, -0.05) is 13.8 Å². The van der Waals surface area contributed by atoms with E-state index in [1.807, 2.05) is 0 Å². The van der Waals surface area contributed by atoms with Crippen molar-refractivity contribution in [1.29, 1.82) is 0 Å². The standard InChI is InChI=1S/C7H16N2OS/c1-6(2)11-5-7(10)9-4-3-8/h6H,3-5,8H2,1-2H3,(H,9,10). The molecule has 0 aromatic heterocycles. The zero-order chi connectivity index (χ0) is 8.69. The van der Waals surface area contributed by atoms with Crippen LogP contribution in [0.5, 0.6) is 0 Å². The van der Waals surface area contributed by atoms with E-state index in [1.165, 1.54) is 0 Å². The van der Waals surface area contributed by atoms with E-state index in [9.17, 15) is 4.79 Å². The van der Waals surface area contributed by atoms with Gasteiger partial charge in [0.15, 0.2) is 0 Å². The number of hydrogen-bond acceptors (Lipinski definition) is 3. The van der Waals surface area contributed by atoms with Crippen molar-refractivity contribution in [2.24, 2.45) is 5.73 Å². The number of nitrogens with two attached hydrogens (primary N) is 1. The summed E-state index contributed by atoms with van der Waals surface area (Å²) in [6.07, 6.45) is 0. The highest BCUT2D eigenvalue weighted by molar-refractivity contribution is 8.00. The lowest BCUT2D eigenvalue weighted by atomic mass is 10.6. The fourth-order valence-electron chi connectivity index (χ4n) is 0.505. The number of thioether (sulfide) groups is 1. The van der Waals surface area contributed by atoms with Crippen LogP contribution in [0, 0.1) is 0 Å². The molecule has 0 aliphatic heterocycles. The molecule has 0 aliphatic rings. The summed E-state index contributed by atoms with van der Waals surface area (Å²) < 4.78 is 0. The molecule has 3 nitrogen and oxygen atoms in total. The second-order valence-corrected chi connectivity index (χ2v) is 4.06. The highest BCUT2D eigenvalue weighted by Gasteiger charge is 2.01. The topological polar surface area (TPSA) is 55.1 Å². The van der Waals surface area contributed by atoms with Gasteiger partial charge in [0.05, 0.1) is 5.75 Å². The Hall–Kier alpha value is -0.220. The fraction of sp³-hybridized carbons (Fsp3) is 0.857. The largest absolute Gasteiger partial charge is 0.354 e. The van der Waals surface area contributed by atoms with Gasteiger partial charge in [-0.05, 0) is 5.25 Å². The molecule has 0 unspecified atom stereocenters. The Morgan fingerprint density at radius 2 is 2.27 bits per heavy atom. The van der Waals surface area contributed by atoms with E-state index < -0.39 is 0 Å². The maximum Gasteiger partial charge on any atom is 0.230 e. The molecule has 0 spiro atoms. The number of rotatable bonds is 5. The van der Waals surface area contributed by atoms with Gasteiger partial charge in [-0.15, -0.1) is 11.8 Å². The Kier molecular flexibility index (Phi) is 6.36. The maximum atomic E-state index is 10.9. The predicted molar refractivity (Wildman–Crippen MR) is 49.7 cm³/mol. The summed E-state index contributed by atoms with van der Waals surface area (Å²) in [5.74, 6) is 0.617. The van der Waals surface area contributed by atoms with Crippen LogP contribution in [-0.2, 0) is 4.79 Å². The Balaban J connectivity index is 3.23. The van der Waals surface area contributed by atoms with Gasteiger partial charge in [0.25, 0.3) is 0 Å². The molecule has 0 radical (unpaired) electrons. The normalized spacial score (nSPS) is 10.2. The number of nitrogens with one attached hydrogen (secondary N) is 1. The van der Waals surface area contributed by atoms with Crippen molar-refractivity contribution in [2.45, 2.75) is 19.1 Å². The maximum absolute atomic E-state index is 10.9. The molecular weight excluding hydrogens is 160 g/mol. The van der Waals surface area contributed by atoms with Crippen molar-refractivity contribution in [2.75, 3.05) is 18.8 Å². The lowest BCUT2D eigenvalue weighted by Gasteiger charge is -2.04.